The Bertz CT molecular complexity index is 1780. The number of carbonyl (C=O) groups is 2. The summed E-state index contributed by atoms with van der Waals surface area (Å²) in [4.78, 5) is 31.0. The first-order valence-corrected chi connectivity index (χ1v) is 19.4. The van der Waals surface area contributed by atoms with Crippen LogP contribution in [0.25, 0.3) is 5.57 Å². The number of hydrogen-bond acceptors (Lipinski definition) is 8. The van der Waals surface area contributed by atoms with E-state index in [4.69, 9.17) is 0 Å². The summed E-state index contributed by atoms with van der Waals surface area (Å²) in [6.45, 7) is 0. The second-order valence-corrected chi connectivity index (χ2v) is 18.6. The van der Waals surface area contributed by atoms with Gasteiger partial charge in [-0.1, -0.05) is 66.7 Å². The monoisotopic (exact) mass is 637 g/mol. The van der Waals surface area contributed by atoms with Gasteiger partial charge in [-0.15, -0.1) is 0 Å². The number of carbonyl (C=O) groups excluding carboxylic acids is 2. The maximum atomic E-state index is 14.7. The summed E-state index contributed by atoms with van der Waals surface area (Å²) in [5.41, 5.74) is 3.59. The van der Waals surface area contributed by atoms with E-state index in [0.717, 1.165) is 22.3 Å². The minimum atomic E-state index is -4.14. The molecule has 0 N–H and O–H groups in total. The number of likely N-dealkylation sites (N-methyl/N-ethyl adjacent to an activating group) is 1. The Hall–Kier alpha value is -2.51. The SMILES string of the molecule is CN1C(=O)[C@@]23C[C@]4(C5=CCc6ccccc65)c5ccccc5N(S(=O)(=O)c5ccccc5)[C@@H]4N2C(=O)[C@@H]1SSSS3. The number of rotatable bonds is 3. The molecule has 41 heavy (non-hydrogen) atoms. The van der Waals surface area contributed by atoms with E-state index in [2.05, 4.69) is 18.2 Å². The van der Waals surface area contributed by atoms with Crippen LogP contribution in [0.1, 0.15) is 23.1 Å². The van der Waals surface area contributed by atoms with Gasteiger partial charge in [-0.25, -0.2) is 12.7 Å². The summed E-state index contributed by atoms with van der Waals surface area (Å²) in [6, 6.07) is 24.1. The molecule has 1 aliphatic carbocycles. The van der Waals surface area contributed by atoms with E-state index in [1.54, 1.807) is 47.2 Å². The van der Waals surface area contributed by atoms with Gasteiger partial charge in [0.05, 0.1) is 16.0 Å². The Morgan fingerprint density at radius 2 is 1.63 bits per heavy atom. The molecule has 0 radical (unpaired) electrons. The smallest absolute Gasteiger partial charge is 0.266 e. The summed E-state index contributed by atoms with van der Waals surface area (Å²) < 4.78 is 30.8. The minimum absolute atomic E-state index is 0.146. The van der Waals surface area contributed by atoms with E-state index in [0.29, 0.717) is 12.1 Å². The molecule has 5 heterocycles. The Morgan fingerprint density at radius 3 is 2.46 bits per heavy atom. The summed E-state index contributed by atoms with van der Waals surface area (Å²) in [7, 11) is 3.23. The van der Waals surface area contributed by atoms with Crippen molar-refractivity contribution in [3.8, 4) is 0 Å². The number of fused-ring (bicyclic) bond motifs is 8. The van der Waals surface area contributed by atoms with Crippen molar-refractivity contribution in [2.75, 3.05) is 11.4 Å². The molecule has 4 fully saturated rings. The molecule has 5 aliphatic heterocycles. The van der Waals surface area contributed by atoms with Crippen LogP contribution in [0.4, 0.5) is 5.69 Å². The predicted octanol–water partition coefficient (Wildman–Crippen LogP) is 5.52. The molecule has 3 aromatic carbocycles. The normalized spacial score (nSPS) is 30.0. The van der Waals surface area contributed by atoms with Gasteiger partial charge < -0.3 is 4.90 Å². The largest absolute Gasteiger partial charge is 0.322 e. The first-order valence-electron chi connectivity index (χ1n) is 13.1. The van der Waals surface area contributed by atoms with E-state index in [-0.39, 0.29) is 23.1 Å². The molecule has 1 spiro atoms. The number of sulfonamides is 1. The van der Waals surface area contributed by atoms with Crippen molar-refractivity contribution in [2.24, 2.45) is 0 Å². The van der Waals surface area contributed by atoms with Crippen molar-refractivity contribution < 1.29 is 18.0 Å². The average Bonchev–Trinajstić information content (AvgIpc) is 3.62. The van der Waals surface area contributed by atoms with Crippen LogP contribution in [0.15, 0.2) is 89.8 Å². The quantitative estimate of drug-likeness (QED) is 0.348. The van der Waals surface area contributed by atoms with E-state index in [1.807, 2.05) is 36.4 Å². The summed E-state index contributed by atoms with van der Waals surface area (Å²) >= 11 is 0. The highest BCUT2D eigenvalue weighted by atomic mass is 33.7. The number of hydrogen-bond donors (Lipinski definition) is 0. The lowest BCUT2D eigenvalue weighted by atomic mass is 9.70. The van der Waals surface area contributed by atoms with Crippen molar-refractivity contribution >= 4 is 74.3 Å². The highest BCUT2D eigenvalue weighted by Crippen LogP contribution is 2.71. The number of benzene rings is 3. The van der Waals surface area contributed by atoms with Crippen molar-refractivity contribution in [1.82, 2.24) is 9.80 Å². The summed E-state index contributed by atoms with van der Waals surface area (Å²) in [5, 5.41) is -0.750. The lowest BCUT2D eigenvalue weighted by Crippen LogP contribution is -2.70. The number of para-hydroxylation sites is 1. The average molecular weight is 638 g/mol. The van der Waals surface area contributed by atoms with Crippen LogP contribution in [0.5, 0.6) is 0 Å². The zero-order chi connectivity index (χ0) is 28.1. The molecule has 2 amide bonds. The third-order valence-corrected chi connectivity index (χ3v) is 17.6. The van der Waals surface area contributed by atoms with Crippen LogP contribution < -0.4 is 4.31 Å². The van der Waals surface area contributed by atoms with Gasteiger partial charge in [-0.05, 0) is 88.1 Å². The molecule has 0 aromatic heterocycles. The van der Waals surface area contributed by atoms with Gasteiger partial charge in [-0.2, -0.15) is 0 Å². The molecule has 3 aromatic rings. The Kier molecular flexibility index (Phi) is 5.74. The van der Waals surface area contributed by atoms with Crippen LogP contribution in [0.2, 0.25) is 0 Å². The van der Waals surface area contributed by atoms with E-state index < -0.39 is 31.8 Å². The van der Waals surface area contributed by atoms with E-state index in [1.165, 1.54) is 45.5 Å². The first kappa shape index (κ1) is 26.1. The van der Waals surface area contributed by atoms with Gasteiger partial charge >= 0.3 is 0 Å². The van der Waals surface area contributed by atoms with Gasteiger partial charge in [-0.3, -0.25) is 14.5 Å². The second-order valence-electron chi connectivity index (χ2n) is 10.7. The van der Waals surface area contributed by atoms with Gasteiger partial charge in [0.15, 0.2) is 10.2 Å². The van der Waals surface area contributed by atoms with Crippen LogP contribution in [0, 0.1) is 0 Å². The van der Waals surface area contributed by atoms with Crippen LogP contribution in [-0.4, -0.2) is 53.5 Å². The zero-order valence-corrected chi connectivity index (χ0v) is 25.8. The number of piperazine rings is 1. The van der Waals surface area contributed by atoms with Crippen molar-refractivity contribution in [3.63, 3.8) is 0 Å². The number of amides is 2. The van der Waals surface area contributed by atoms with Crippen LogP contribution in [-0.2, 0) is 31.4 Å². The number of allylic oxidation sites excluding steroid dienone is 1. The molecule has 12 heteroatoms. The highest BCUT2D eigenvalue weighted by Gasteiger charge is 2.76. The Labute approximate surface area is 253 Å². The Balaban J connectivity index is 1.47. The van der Waals surface area contributed by atoms with Gasteiger partial charge in [0.25, 0.3) is 21.8 Å². The molecule has 2 bridgehead atoms. The van der Waals surface area contributed by atoms with Crippen molar-refractivity contribution in [1.29, 1.82) is 0 Å². The minimum Gasteiger partial charge on any atom is -0.322 e. The maximum Gasteiger partial charge on any atom is 0.266 e. The van der Waals surface area contributed by atoms with E-state index >= 15 is 0 Å². The highest BCUT2D eigenvalue weighted by molar-refractivity contribution is 9.26. The standard InChI is InChI=1S/C29H23N3O4S5/c1-30-25-24(33)31-26-28(17-29(31,27(30)34)38-40-39-37-25,21-16-15-18-9-5-6-12-20(18)21)22-13-7-8-14-23(22)32(26)41(35,36)19-10-3-2-4-11-19/h2-14,16,25-26H,15,17H2,1H3/t25-,26-,28-,29-/m0/s1. The molecule has 0 saturated carbocycles. The summed E-state index contributed by atoms with van der Waals surface area (Å²) in [6.07, 6.45) is 2.20. The molecule has 208 valence electrons. The summed E-state index contributed by atoms with van der Waals surface area (Å²) in [5.74, 6) is -0.403. The molecule has 9 rings (SSSR count). The Morgan fingerprint density at radius 1 is 0.902 bits per heavy atom. The third kappa shape index (κ3) is 3.25. The fourth-order valence-corrected chi connectivity index (χ4v) is 16.2. The van der Waals surface area contributed by atoms with Crippen LogP contribution in [0.3, 0.4) is 0 Å². The van der Waals surface area contributed by atoms with Gasteiger partial charge in [0, 0.05) is 13.5 Å². The lowest BCUT2D eigenvalue weighted by Gasteiger charge is -2.50. The molecule has 6 aliphatic rings. The molecular weight excluding hydrogens is 615 g/mol. The fourth-order valence-electron chi connectivity index (χ4n) is 7.22. The van der Waals surface area contributed by atoms with Gasteiger partial charge in [0.1, 0.15) is 6.17 Å². The molecule has 4 atom stereocenters. The maximum absolute atomic E-state index is 14.7. The fraction of sp³-hybridized carbons (Fsp3) is 0.241. The lowest BCUT2D eigenvalue weighted by molar-refractivity contribution is -0.157. The third-order valence-electron chi connectivity index (χ3n) is 8.84. The van der Waals surface area contributed by atoms with Crippen molar-refractivity contribution in [3.05, 3.63) is 102 Å². The topological polar surface area (TPSA) is 78.0 Å². The zero-order valence-electron chi connectivity index (χ0n) is 21.7. The van der Waals surface area contributed by atoms with Gasteiger partial charge in [0.2, 0.25) is 0 Å². The number of anilines is 1. The first-order chi connectivity index (χ1) is 19.8. The molecule has 4 saturated heterocycles. The number of nitrogens with zero attached hydrogens (tertiary/aromatic N) is 3. The molecular formula is C29H23N3O4S5. The molecule has 0 unspecified atom stereocenters. The van der Waals surface area contributed by atoms with Crippen LogP contribution >= 0.6 is 41.2 Å². The second kappa shape index (κ2) is 9.00. The predicted molar refractivity (Wildman–Crippen MR) is 167 cm³/mol. The van der Waals surface area contributed by atoms with Crippen molar-refractivity contribution in [2.45, 2.75) is 39.6 Å². The molecule has 7 nitrogen and oxygen atoms in total. The van der Waals surface area contributed by atoms with E-state index in [9.17, 15) is 18.0 Å².